The van der Waals surface area contributed by atoms with E-state index in [-0.39, 0.29) is 0 Å². The Labute approximate surface area is 192 Å². The van der Waals surface area contributed by atoms with E-state index in [9.17, 15) is 9.59 Å². The third-order valence-corrected chi connectivity index (χ3v) is 6.14. The molecule has 0 aromatic heterocycles. The Bertz CT molecular complexity index is 408. The quantitative estimate of drug-likeness (QED) is 0.120. The van der Waals surface area contributed by atoms with Crippen molar-refractivity contribution in [3.05, 3.63) is 0 Å². The zero-order valence-corrected chi connectivity index (χ0v) is 20.8. The minimum atomic E-state index is -1.09. The van der Waals surface area contributed by atoms with Gasteiger partial charge in [-0.2, -0.15) is 0 Å². The number of rotatable bonds is 24. The van der Waals surface area contributed by atoms with Gasteiger partial charge in [-0.05, 0) is 13.3 Å². The highest BCUT2D eigenvalue weighted by Crippen LogP contribution is 2.15. The Hall–Kier alpha value is -1.06. The number of ether oxygens (including phenoxy) is 1. The van der Waals surface area contributed by atoms with E-state index in [1.54, 1.807) is 0 Å². The van der Waals surface area contributed by atoms with Crippen LogP contribution in [0.15, 0.2) is 0 Å². The maximum atomic E-state index is 11.5. The maximum Gasteiger partial charge on any atom is 0.344 e. The van der Waals surface area contributed by atoms with E-state index in [0.717, 1.165) is 19.3 Å². The molecule has 0 saturated carbocycles. The minimum absolute atomic E-state index is 0.330. The largest absolute Gasteiger partial charge is 0.479 e. The highest BCUT2D eigenvalue weighted by Gasteiger charge is 2.15. The van der Waals surface area contributed by atoms with Gasteiger partial charge in [0.1, 0.15) is 0 Å². The van der Waals surface area contributed by atoms with Gasteiger partial charge in [0.15, 0.2) is 6.10 Å². The van der Waals surface area contributed by atoms with E-state index in [0.29, 0.717) is 6.42 Å². The molecule has 0 spiro atoms. The molecule has 4 heteroatoms. The third-order valence-electron chi connectivity index (χ3n) is 6.14. The summed E-state index contributed by atoms with van der Waals surface area (Å²) in [7, 11) is 0. The Morgan fingerprint density at radius 2 is 0.871 bits per heavy atom. The molecule has 1 N–H and O–H groups in total. The van der Waals surface area contributed by atoms with Gasteiger partial charge >= 0.3 is 11.9 Å². The number of carboxylic acid groups (broad SMARTS) is 1. The van der Waals surface area contributed by atoms with E-state index < -0.39 is 18.0 Å². The van der Waals surface area contributed by atoms with E-state index in [1.807, 2.05) is 0 Å². The predicted octanol–water partition coefficient (Wildman–Crippen LogP) is 8.60. The zero-order chi connectivity index (χ0) is 23.0. The summed E-state index contributed by atoms with van der Waals surface area (Å²) in [5, 5.41) is 8.70. The van der Waals surface area contributed by atoms with Crippen LogP contribution in [0, 0.1) is 0 Å². The van der Waals surface area contributed by atoms with Crippen molar-refractivity contribution < 1.29 is 19.4 Å². The topological polar surface area (TPSA) is 63.6 Å². The van der Waals surface area contributed by atoms with Gasteiger partial charge in [-0.25, -0.2) is 4.79 Å². The highest BCUT2D eigenvalue weighted by atomic mass is 16.6. The monoisotopic (exact) mass is 440 g/mol. The highest BCUT2D eigenvalue weighted by molar-refractivity contribution is 5.77. The fraction of sp³-hybridized carbons (Fsp3) is 0.926. The lowest BCUT2D eigenvalue weighted by atomic mass is 10.0. The molecule has 1 unspecified atom stereocenters. The van der Waals surface area contributed by atoms with E-state index >= 15 is 0 Å². The van der Waals surface area contributed by atoms with Crippen LogP contribution in [-0.4, -0.2) is 23.1 Å². The van der Waals surface area contributed by atoms with Gasteiger partial charge in [0, 0.05) is 6.42 Å². The van der Waals surface area contributed by atoms with Crippen LogP contribution in [0.5, 0.6) is 0 Å². The normalized spacial score (nSPS) is 12.1. The van der Waals surface area contributed by atoms with Gasteiger partial charge in [0.25, 0.3) is 0 Å². The van der Waals surface area contributed by atoms with Crippen molar-refractivity contribution in [2.75, 3.05) is 0 Å². The van der Waals surface area contributed by atoms with Crippen molar-refractivity contribution in [1.82, 2.24) is 0 Å². The van der Waals surface area contributed by atoms with Gasteiger partial charge in [-0.3, -0.25) is 4.79 Å². The maximum absolute atomic E-state index is 11.5. The Morgan fingerprint density at radius 3 is 1.16 bits per heavy atom. The summed E-state index contributed by atoms with van der Waals surface area (Å²) >= 11 is 0. The Balaban J connectivity index is 3.14. The SMILES string of the molecule is CCCCCCCCCCCCCCCCCCCCCCCC(=O)OC(C)C(=O)O. The zero-order valence-electron chi connectivity index (χ0n) is 20.8. The summed E-state index contributed by atoms with van der Waals surface area (Å²) in [5.74, 6) is -1.49. The molecule has 31 heavy (non-hydrogen) atoms. The average Bonchev–Trinajstić information content (AvgIpc) is 2.74. The van der Waals surface area contributed by atoms with Crippen LogP contribution in [0.2, 0.25) is 0 Å². The van der Waals surface area contributed by atoms with E-state index in [2.05, 4.69) is 6.92 Å². The molecule has 0 radical (unpaired) electrons. The van der Waals surface area contributed by atoms with Crippen LogP contribution in [0.3, 0.4) is 0 Å². The minimum Gasteiger partial charge on any atom is -0.479 e. The fourth-order valence-corrected chi connectivity index (χ4v) is 4.01. The number of esters is 1. The summed E-state index contributed by atoms with van der Waals surface area (Å²) in [6.45, 7) is 3.67. The molecule has 0 aromatic carbocycles. The molecule has 4 nitrogen and oxygen atoms in total. The van der Waals surface area contributed by atoms with Gasteiger partial charge in [0.05, 0.1) is 0 Å². The fourth-order valence-electron chi connectivity index (χ4n) is 4.01. The van der Waals surface area contributed by atoms with Gasteiger partial charge in [-0.15, -0.1) is 0 Å². The van der Waals surface area contributed by atoms with Crippen molar-refractivity contribution in [2.24, 2.45) is 0 Å². The smallest absolute Gasteiger partial charge is 0.344 e. The van der Waals surface area contributed by atoms with Crippen LogP contribution in [0.1, 0.15) is 155 Å². The molecule has 0 bridgehead atoms. The first kappa shape index (κ1) is 29.9. The van der Waals surface area contributed by atoms with Gasteiger partial charge < -0.3 is 9.84 Å². The second-order valence-corrected chi connectivity index (χ2v) is 9.29. The lowest BCUT2D eigenvalue weighted by Crippen LogP contribution is -2.23. The summed E-state index contributed by atoms with van der Waals surface area (Å²) < 4.78 is 4.82. The number of carbonyl (C=O) groups is 2. The molecule has 0 rings (SSSR count). The molecule has 0 aromatic rings. The molecule has 0 saturated heterocycles. The molecule has 0 aliphatic rings. The van der Waals surface area contributed by atoms with Crippen LogP contribution in [0.25, 0.3) is 0 Å². The van der Waals surface area contributed by atoms with Crippen LogP contribution >= 0.6 is 0 Å². The molecule has 0 heterocycles. The summed E-state index contributed by atoms with van der Waals surface area (Å²) in [6, 6.07) is 0. The number of aliphatic carboxylic acids is 1. The number of unbranched alkanes of at least 4 members (excludes halogenated alkanes) is 20. The molecule has 0 amide bonds. The lowest BCUT2D eigenvalue weighted by Gasteiger charge is -2.08. The van der Waals surface area contributed by atoms with Gasteiger partial charge in [0.2, 0.25) is 0 Å². The van der Waals surface area contributed by atoms with Crippen LogP contribution in [0.4, 0.5) is 0 Å². The van der Waals surface area contributed by atoms with Crippen molar-refractivity contribution in [3.63, 3.8) is 0 Å². The van der Waals surface area contributed by atoms with E-state index in [4.69, 9.17) is 9.84 Å². The average molecular weight is 441 g/mol. The number of carboxylic acids is 1. The Morgan fingerprint density at radius 1 is 0.581 bits per heavy atom. The number of hydrogen-bond donors (Lipinski definition) is 1. The second-order valence-electron chi connectivity index (χ2n) is 9.29. The van der Waals surface area contributed by atoms with Crippen LogP contribution in [-0.2, 0) is 14.3 Å². The van der Waals surface area contributed by atoms with Gasteiger partial charge in [-0.1, -0.05) is 135 Å². The first-order chi connectivity index (χ1) is 15.1. The van der Waals surface area contributed by atoms with Crippen molar-refractivity contribution in [2.45, 2.75) is 161 Å². The lowest BCUT2D eigenvalue weighted by molar-refractivity contribution is -0.162. The van der Waals surface area contributed by atoms with E-state index in [1.165, 1.54) is 122 Å². The summed E-state index contributed by atoms with van der Waals surface area (Å²) in [5.41, 5.74) is 0. The molecular formula is C27H52O4. The van der Waals surface area contributed by atoms with Crippen molar-refractivity contribution in [3.8, 4) is 0 Å². The molecule has 0 aliphatic heterocycles. The standard InChI is InChI=1S/C27H52O4/c1-3-4-5-6-7-8-9-10-11-12-13-14-15-16-17-18-19-20-21-22-23-24-26(28)31-25(2)27(29)30/h25H,3-24H2,1-2H3,(H,29,30). The predicted molar refractivity (Wildman–Crippen MR) is 130 cm³/mol. The molecular weight excluding hydrogens is 388 g/mol. The third kappa shape index (κ3) is 23.4. The van der Waals surface area contributed by atoms with Crippen LogP contribution < -0.4 is 0 Å². The second kappa shape index (κ2) is 23.6. The molecule has 0 fully saturated rings. The van der Waals surface area contributed by atoms with Crippen molar-refractivity contribution in [1.29, 1.82) is 0 Å². The number of hydrogen-bond acceptors (Lipinski definition) is 3. The Kier molecular flexibility index (Phi) is 22.8. The number of carbonyl (C=O) groups excluding carboxylic acids is 1. The van der Waals surface area contributed by atoms with Crippen molar-refractivity contribution >= 4 is 11.9 Å². The summed E-state index contributed by atoms with van der Waals surface area (Å²) in [4.78, 5) is 22.1. The molecule has 1 atom stereocenters. The first-order valence-corrected chi connectivity index (χ1v) is 13.5. The first-order valence-electron chi connectivity index (χ1n) is 13.5. The summed E-state index contributed by atoms with van der Waals surface area (Å²) in [6.07, 6.45) is 27.4. The molecule has 184 valence electrons. The molecule has 0 aliphatic carbocycles.